The summed E-state index contributed by atoms with van der Waals surface area (Å²) in [7, 11) is 1.37. The van der Waals surface area contributed by atoms with Gasteiger partial charge in [0.2, 0.25) is 0 Å². The van der Waals surface area contributed by atoms with Gasteiger partial charge >= 0.3 is 11.9 Å². The zero-order valence-corrected chi connectivity index (χ0v) is 20.4. The van der Waals surface area contributed by atoms with Gasteiger partial charge in [-0.15, -0.1) is 0 Å². The maximum absolute atomic E-state index is 12.9. The fourth-order valence-electron chi connectivity index (χ4n) is 4.99. The summed E-state index contributed by atoms with van der Waals surface area (Å²) in [6.07, 6.45) is 4.08. The van der Waals surface area contributed by atoms with Crippen molar-refractivity contribution >= 4 is 11.9 Å². The molecule has 0 fully saturated rings. The van der Waals surface area contributed by atoms with E-state index in [0.29, 0.717) is 62.2 Å². The number of hydrogen-bond donors (Lipinski definition) is 2. The van der Waals surface area contributed by atoms with E-state index in [2.05, 4.69) is 0 Å². The van der Waals surface area contributed by atoms with Crippen molar-refractivity contribution in [1.29, 1.82) is 0 Å². The van der Waals surface area contributed by atoms with E-state index >= 15 is 0 Å². The van der Waals surface area contributed by atoms with Crippen molar-refractivity contribution in [2.45, 2.75) is 57.5 Å². The Labute approximate surface area is 205 Å². The standard InChI is InChI=1S/C27H34N2O6/c1-3-33-24-8-6-16-12-17(28)13-20(16)25(24)27(31)35-11-5-4-10-34-23-9-7-19(26(30)32-2)21-14-18(29)15-22(21)23/h6-9,17-18H,3-5,10-15,28-29H2,1-2H3. The lowest BCUT2D eigenvalue weighted by molar-refractivity contribution is 0.0487. The van der Waals surface area contributed by atoms with Crippen LogP contribution in [-0.2, 0) is 35.2 Å². The Bertz CT molecular complexity index is 1100. The molecule has 0 spiro atoms. The molecule has 4 N–H and O–H groups in total. The molecule has 2 aromatic rings. The lowest BCUT2D eigenvalue weighted by Crippen LogP contribution is -2.19. The van der Waals surface area contributed by atoms with Crippen LogP contribution in [0.15, 0.2) is 24.3 Å². The SMILES string of the molecule is CCOc1ccc2c(c1C(=O)OCCCCOc1ccc(C(=O)OC)c3c1CC(N)C3)CC(N)C2. The molecule has 2 unspecified atom stereocenters. The highest BCUT2D eigenvalue weighted by atomic mass is 16.5. The van der Waals surface area contributed by atoms with Crippen LogP contribution in [0.3, 0.4) is 0 Å². The van der Waals surface area contributed by atoms with Crippen LogP contribution in [0.5, 0.6) is 11.5 Å². The molecule has 0 radical (unpaired) electrons. The third kappa shape index (κ3) is 5.44. The molecule has 35 heavy (non-hydrogen) atoms. The molecule has 0 heterocycles. The Morgan fingerprint density at radius 2 is 1.51 bits per heavy atom. The van der Waals surface area contributed by atoms with Crippen molar-refractivity contribution in [3.05, 3.63) is 57.6 Å². The van der Waals surface area contributed by atoms with Gasteiger partial charge < -0.3 is 30.4 Å². The average molecular weight is 483 g/mol. The van der Waals surface area contributed by atoms with Gasteiger partial charge in [-0.05, 0) is 85.9 Å². The van der Waals surface area contributed by atoms with E-state index in [-0.39, 0.29) is 30.6 Å². The van der Waals surface area contributed by atoms with E-state index in [1.165, 1.54) is 7.11 Å². The molecule has 0 saturated heterocycles. The molecular formula is C27H34N2O6. The minimum atomic E-state index is -0.370. The third-order valence-corrected chi connectivity index (χ3v) is 6.58. The Balaban J connectivity index is 1.30. The predicted molar refractivity (Wildman–Crippen MR) is 131 cm³/mol. The number of methoxy groups -OCH3 is 1. The van der Waals surface area contributed by atoms with E-state index < -0.39 is 0 Å². The average Bonchev–Trinajstić information content (AvgIpc) is 3.42. The van der Waals surface area contributed by atoms with Crippen molar-refractivity contribution < 1.29 is 28.5 Å². The number of carbonyl (C=O) groups is 2. The number of hydrogen-bond acceptors (Lipinski definition) is 8. The van der Waals surface area contributed by atoms with Gasteiger partial charge in [-0.1, -0.05) is 6.07 Å². The summed E-state index contributed by atoms with van der Waals surface area (Å²) in [4.78, 5) is 25.0. The van der Waals surface area contributed by atoms with Crippen LogP contribution in [0.2, 0.25) is 0 Å². The van der Waals surface area contributed by atoms with Crippen molar-refractivity contribution in [1.82, 2.24) is 0 Å². The molecule has 8 heteroatoms. The van der Waals surface area contributed by atoms with Crippen molar-refractivity contribution in [2.24, 2.45) is 11.5 Å². The predicted octanol–water partition coefficient (Wildman–Crippen LogP) is 2.74. The van der Waals surface area contributed by atoms with Crippen LogP contribution in [0.25, 0.3) is 0 Å². The molecule has 8 nitrogen and oxygen atoms in total. The van der Waals surface area contributed by atoms with E-state index in [0.717, 1.165) is 34.4 Å². The molecule has 0 aliphatic heterocycles. The van der Waals surface area contributed by atoms with Gasteiger partial charge in [-0.2, -0.15) is 0 Å². The van der Waals surface area contributed by atoms with Crippen molar-refractivity contribution in [3.8, 4) is 11.5 Å². The van der Waals surface area contributed by atoms with Gasteiger partial charge in [-0.3, -0.25) is 0 Å². The number of carbonyl (C=O) groups excluding carboxylic acids is 2. The Kier molecular flexibility index (Phi) is 7.93. The molecule has 2 atom stereocenters. The summed E-state index contributed by atoms with van der Waals surface area (Å²) in [6, 6.07) is 7.35. The summed E-state index contributed by atoms with van der Waals surface area (Å²) in [6.45, 7) is 3.11. The van der Waals surface area contributed by atoms with Gasteiger partial charge in [0.25, 0.3) is 0 Å². The maximum Gasteiger partial charge on any atom is 0.342 e. The van der Waals surface area contributed by atoms with Gasteiger partial charge in [0.15, 0.2) is 0 Å². The van der Waals surface area contributed by atoms with Gasteiger partial charge in [0, 0.05) is 12.1 Å². The highest BCUT2D eigenvalue weighted by molar-refractivity contribution is 5.95. The van der Waals surface area contributed by atoms with E-state index in [1.54, 1.807) is 12.1 Å². The number of esters is 2. The zero-order valence-electron chi connectivity index (χ0n) is 20.4. The van der Waals surface area contributed by atoms with Crippen LogP contribution >= 0.6 is 0 Å². The first-order valence-corrected chi connectivity index (χ1v) is 12.2. The summed E-state index contributed by atoms with van der Waals surface area (Å²) in [5, 5.41) is 0. The molecule has 0 aromatic heterocycles. The molecular weight excluding hydrogens is 448 g/mol. The van der Waals surface area contributed by atoms with Crippen LogP contribution in [0, 0.1) is 0 Å². The summed E-state index contributed by atoms with van der Waals surface area (Å²) >= 11 is 0. The fourth-order valence-corrected chi connectivity index (χ4v) is 4.99. The molecule has 2 aliphatic rings. The zero-order chi connectivity index (χ0) is 24.9. The summed E-state index contributed by atoms with van der Waals surface area (Å²) in [5.74, 6) is 0.569. The molecule has 0 saturated carbocycles. The lowest BCUT2D eigenvalue weighted by atomic mass is 10.0. The molecule has 2 aromatic carbocycles. The first-order valence-electron chi connectivity index (χ1n) is 12.2. The van der Waals surface area contributed by atoms with Crippen LogP contribution in [-0.4, -0.2) is 51.0 Å². The fraction of sp³-hybridized carbons (Fsp3) is 0.481. The lowest BCUT2D eigenvalue weighted by Gasteiger charge is -2.15. The Morgan fingerprint density at radius 1 is 0.829 bits per heavy atom. The number of rotatable bonds is 10. The Morgan fingerprint density at radius 3 is 2.29 bits per heavy atom. The van der Waals surface area contributed by atoms with Gasteiger partial charge in [0.05, 0.1) is 32.5 Å². The third-order valence-electron chi connectivity index (χ3n) is 6.58. The number of fused-ring (bicyclic) bond motifs is 2. The van der Waals surface area contributed by atoms with Crippen molar-refractivity contribution in [3.63, 3.8) is 0 Å². The topological polar surface area (TPSA) is 123 Å². The highest BCUT2D eigenvalue weighted by Gasteiger charge is 2.29. The number of benzene rings is 2. The molecule has 0 bridgehead atoms. The van der Waals surface area contributed by atoms with Crippen LogP contribution < -0.4 is 20.9 Å². The molecule has 188 valence electrons. The van der Waals surface area contributed by atoms with Gasteiger partial charge in [0.1, 0.15) is 17.1 Å². The maximum atomic E-state index is 12.9. The first kappa shape index (κ1) is 25.0. The smallest absolute Gasteiger partial charge is 0.342 e. The van der Waals surface area contributed by atoms with Crippen molar-refractivity contribution in [2.75, 3.05) is 26.9 Å². The second-order valence-corrected chi connectivity index (χ2v) is 9.10. The number of nitrogens with two attached hydrogens (primary N) is 2. The second kappa shape index (κ2) is 11.1. The van der Waals surface area contributed by atoms with Crippen LogP contribution in [0.1, 0.15) is 62.7 Å². The Hall–Kier alpha value is -3.10. The van der Waals surface area contributed by atoms with E-state index in [4.69, 9.17) is 30.4 Å². The molecule has 2 aliphatic carbocycles. The minimum absolute atomic E-state index is 0.0169. The molecule has 4 rings (SSSR count). The summed E-state index contributed by atoms with van der Waals surface area (Å²) in [5.41, 5.74) is 17.2. The number of unbranched alkanes of at least 4 members (excludes halogenated alkanes) is 1. The first-order chi connectivity index (χ1) is 16.9. The normalized spacial score (nSPS) is 18.1. The van der Waals surface area contributed by atoms with E-state index in [1.807, 2.05) is 19.1 Å². The quantitative estimate of drug-likeness (QED) is 0.391. The second-order valence-electron chi connectivity index (χ2n) is 9.10. The largest absolute Gasteiger partial charge is 0.493 e. The highest BCUT2D eigenvalue weighted by Crippen LogP contribution is 2.34. The summed E-state index contributed by atoms with van der Waals surface area (Å²) < 4.78 is 22.2. The van der Waals surface area contributed by atoms with E-state index in [9.17, 15) is 9.59 Å². The van der Waals surface area contributed by atoms with Gasteiger partial charge in [-0.25, -0.2) is 9.59 Å². The number of ether oxygens (including phenoxy) is 4. The molecule has 0 amide bonds. The monoisotopic (exact) mass is 482 g/mol. The van der Waals surface area contributed by atoms with Crippen LogP contribution in [0.4, 0.5) is 0 Å². The minimum Gasteiger partial charge on any atom is -0.493 e.